The van der Waals surface area contributed by atoms with Gasteiger partial charge in [-0.25, -0.2) is 4.98 Å². The van der Waals surface area contributed by atoms with E-state index in [0.29, 0.717) is 5.92 Å². The van der Waals surface area contributed by atoms with Gasteiger partial charge in [0.2, 0.25) is 0 Å². The van der Waals surface area contributed by atoms with E-state index in [2.05, 4.69) is 26.0 Å². The highest BCUT2D eigenvalue weighted by Gasteiger charge is 2.13. The fourth-order valence-corrected chi connectivity index (χ4v) is 3.55. The van der Waals surface area contributed by atoms with Gasteiger partial charge in [0.1, 0.15) is 0 Å². The number of hydrogen-bond acceptors (Lipinski definition) is 5. The van der Waals surface area contributed by atoms with Gasteiger partial charge >= 0.3 is 0 Å². The summed E-state index contributed by atoms with van der Waals surface area (Å²) in [5.41, 5.74) is 1.12. The fraction of sp³-hybridized carbons (Fsp3) is 0.778. The SMILES string of the molecule is CN=C(NCCCOCC1CCOCC1)NCCCc1nc(C)cs1.I. The number of nitrogens with zero attached hydrogens (tertiary/aromatic N) is 2. The van der Waals surface area contributed by atoms with Crippen LogP contribution in [0.1, 0.15) is 36.4 Å². The lowest BCUT2D eigenvalue weighted by atomic mass is 10.0. The van der Waals surface area contributed by atoms with Crippen LogP contribution in [0.4, 0.5) is 0 Å². The molecule has 150 valence electrons. The van der Waals surface area contributed by atoms with E-state index in [9.17, 15) is 0 Å². The van der Waals surface area contributed by atoms with Crippen LogP contribution < -0.4 is 10.6 Å². The van der Waals surface area contributed by atoms with Crippen LogP contribution in [0.2, 0.25) is 0 Å². The van der Waals surface area contributed by atoms with Crippen molar-refractivity contribution in [2.45, 2.75) is 39.0 Å². The molecule has 1 aliphatic heterocycles. The average Bonchev–Trinajstić information content (AvgIpc) is 3.05. The summed E-state index contributed by atoms with van der Waals surface area (Å²) in [4.78, 5) is 8.74. The van der Waals surface area contributed by atoms with E-state index in [0.717, 1.165) is 83.3 Å². The molecule has 1 aromatic heterocycles. The monoisotopic (exact) mass is 496 g/mol. The molecule has 1 aromatic rings. The molecule has 1 saturated heterocycles. The second-order valence-corrected chi connectivity index (χ2v) is 7.34. The smallest absolute Gasteiger partial charge is 0.190 e. The summed E-state index contributed by atoms with van der Waals surface area (Å²) in [6.45, 7) is 7.26. The van der Waals surface area contributed by atoms with E-state index < -0.39 is 0 Å². The topological polar surface area (TPSA) is 67.8 Å². The number of aromatic nitrogens is 1. The number of thiazole rings is 1. The molecule has 2 N–H and O–H groups in total. The van der Waals surface area contributed by atoms with Crippen molar-refractivity contribution in [1.29, 1.82) is 0 Å². The molecule has 1 aliphatic rings. The molecule has 1 fully saturated rings. The maximum atomic E-state index is 5.78. The van der Waals surface area contributed by atoms with Crippen molar-refractivity contribution in [1.82, 2.24) is 15.6 Å². The van der Waals surface area contributed by atoms with Crippen LogP contribution in [0.25, 0.3) is 0 Å². The van der Waals surface area contributed by atoms with Crippen molar-refractivity contribution < 1.29 is 9.47 Å². The van der Waals surface area contributed by atoms with E-state index in [4.69, 9.17) is 9.47 Å². The van der Waals surface area contributed by atoms with Gasteiger partial charge in [0, 0.05) is 64.1 Å². The lowest BCUT2D eigenvalue weighted by Gasteiger charge is -2.21. The van der Waals surface area contributed by atoms with E-state index >= 15 is 0 Å². The van der Waals surface area contributed by atoms with Gasteiger partial charge in [-0.15, -0.1) is 35.3 Å². The third kappa shape index (κ3) is 10.0. The zero-order valence-electron chi connectivity index (χ0n) is 16.0. The van der Waals surface area contributed by atoms with Gasteiger partial charge in [0.15, 0.2) is 5.96 Å². The van der Waals surface area contributed by atoms with E-state index in [1.807, 2.05) is 6.92 Å². The molecule has 0 saturated carbocycles. The fourth-order valence-electron chi connectivity index (χ4n) is 2.73. The van der Waals surface area contributed by atoms with E-state index in [1.54, 1.807) is 18.4 Å². The molecule has 0 spiro atoms. The number of rotatable bonds is 10. The second kappa shape index (κ2) is 14.6. The third-order valence-electron chi connectivity index (χ3n) is 4.20. The molecule has 0 aliphatic carbocycles. The molecular weight excluding hydrogens is 463 g/mol. The molecule has 0 aromatic carbocycles. The standard InChI is InChI=1S/C18H32N4O2S.HI/c1-15-14-25-17(22-15)5-3-8-20-18(19-2)21-9-4-10-24-13-16-6-11-23-12-7-16;/h14,16H,3-13H2,1-2H3,(H2,19,20,21);1H. The van der Waals surface area contributed by atoms with Gasteiger partial charge in [-0.2, -0.15) is 0 Å². The van der Waals surface area contributed by atoms with Crippen molar-refractivity contribution in [3.8, 4) is 0 Å². The molecule has 26 heavy (non-hydrogen) atoms. The minimum Gasteiger partial charge on any atom is -0.381 e. The van der Waals surface area contributed by atoms with Crippen LogP contribution in [0.15, 0.2) is 10.4 Å². The van der Waals surface area contributed by atoms with E-state index in [-0.39, 0.29) is 24.0 Å². The Morgan fingerprint density at radius 1 is 1.31 bits per heavy atom. The van der Waals surface area contributed by atoms with Gasteiger partial charge in [-0.3, -0.25) is 4.99 Å². The van der Waals surface area contributed by atoms with Crippen LogP contribution in [-0.2, 0) is 15.9 Å². The van der Waals surface area contributed by atoms with Crippen molar-refractivity contribution in [3.63, 3.8) is 0 Å². The molecule has 6 nitrogen and oxygen atoms in total. The number of aryl methyl sites for hydroxylation is 2. The van der Waals surface area contributed by atoms with Crippen LogP contribution in [0.5, 0.6) is 0 Å². The number of halogens is 1. The second-order valence-electron chi connectivity index (χ2n) is 6.40. The predicted molar refractivity (Wildman–Crippen MR) is 119 cm³/mol. The van der Waals surface area contributed by atoms with Crippen molar-refractivity contribution in [2.24, 2.45) is 10.9 Å². The van der Waals surface area contributed by atoms with Crippen LogP contribution in [0, 0.1) is 12.8 Å². The Hall–Kier alpha value is -0.450. The number of guanidine groups is 1. The summed E-state index contributed by atoms with van der Waals surface area (Å²) in [5, 5.41) is 10.0. The number of aliphatic imine (C=N–C) groups is 1. The number of ether oxygens (including phenoxy) is 2. The zero-order valence-corrected chi connectivity index (χ0v) is 19.1. The molecule has 0 amide bonds. The first-order valence-corrected chi connectivity index (χ1v) is 10.2. The first-order valence-electron chi connectivity index (χ1n) is 9.29. The van der Waals surface area contributed by atoms with Gasteiger partial charge in [0.25, 0.3) is 0 Å². The molecule has 8 heteroatoms. The molecule has 0 atom stereocenters. The normalized spacial score (nSPS) is 15.5. The van der Waals surface area contributed by atoms with E-state index in [1.165, 1.54) is 5.01 Å². The minimum absolute atomic E-state index is 0. The van der Waals surface area contributed by atoms with Gasteiger partial charge in [-0.1, -0.05) is 0 Å². The van der Waals surface area contributed by atoms with Crippen LogP contribution in [-0.4, -0.2) is 57.5 Å². The summed E-state index contributed by atoms with van der Waals surface area (Å²) < 4.78 is 11.1. The maximum Gasteiger partial charge on any atom is 0.190 e. The molecule has 2 heterocycles. The third-order valence-corrected chi connectivity index (χ3v) is 5.23. The summed E-state index contributed by atoms with van der Waals surface area (Å²) in [7, 11) is 1.81. The predicted octanol–water partition coefficient (Wildman–Crippen LogP) is 3.00. The summed E-state index contributed by atoms with van der Waals surface area (Å²) in [5.74, 6) is 1.54. The maximum absolute atomic E-state index is 5.78. The van der Waals surface area contributed by atoms with Gasteiger partial charge in [0.05, 0.1) is 5.01 Å². The number of hydrogen-bond donors (Lipinski definition) is 2. The largest absolute Gasteiger partial charge is 0.381 e. The summed E-state index contributed by atoms with van der Waals surface area (Å²) >= 11 is 1.74. The van der Waals surface area contributed by atoms with Crippen LogP contribution in [0.3, 0.4) is 0 Å². The molecule has 0 bridgehead atoms. The Morgan fingerprint density at radius 2 is 2.04 bits per heavy atom. The molecule has 2 rings (SSSR count). The lowest BCUT2D eigenvalue weighted by molar-refractivity contribution is 0.0203. The Labute approximate surface area is 178 Å². The molecular formula is C18H33IN4O2S. The Kier molecular flexibility index (Phi) is 13.2. The molecule has 0 radical (unpaired) electrons. The lowest BCUT2D eigenvalue weighted by Crippen LogP contribution is -2.38. The van der Waals surface area contributed by atoms with Gasteiger partial charge in [-0.05, 0) is 38.5 Å². The van der Waals surface area contributed by atoms with Crippen molar-refractivity contribution >= 4 is 41.3 Å². The first kappa shape index (κ1) is 23.6. The zero-order chi connectivity index (χ0) is 17.7. The van der Waals surface area contributed by atoms with Gasteiger partial charge < -0.3 is 20.1 Å². The highest BCUT2D eigenvalue weighted by molar-refractivity contribution is 14.0. The average molecular weight is 496 g/mol. The quantitative estimate of drug-likeness (QED) is 0.226. The van der Waals surface area contributed by atoms with Crippen molar-refractivity contribution in [2.75, 3.05) is 46.6 Å². The molecule has 0 unspecified atom stereocenters. The Bertz CT molecular complexity index is 507. The Morgan fingerprint density at radius 3 is 2.69 bits per heavy atom. The number of nitrogens with one attached hydrogen (secondary N) is 2. The Balaban J connectivity index is 0.00000338. The highest BCUT2D eigenvalue weighted by Crippen LogP contribution is 2.14. The summed E-state index contributed by atoms with van der Waals surface area (Å²) in [6, 6.07) is 0. The van der Waals surface area contributed by atoms with Crippen molar-refractivity contribution in [3.05, 3.63) is 16.1 Å². The highest BCUT2D eigenvalue weighted by atomic mass is 127. The summed E-state index contributed by atoms with van der Waals surface area (Å²) in [6.07, 6.45) is 5.33. The minimum atomic E-state index is 0. The van der Waals surface area contributed by atoms with Crippen LogP contribution >= 0.6 is 35.3 Å². The first-order chi connectivity index (χ1) is 12.3.